The van der Waals surface area contributed by atoms with E-state index >= 15 is 0 Å². The first-order chi connectivity index (χ1) is 23.1. The zero-order chi connectivity index (χ0) is 34.3. The normalized spacial score (nSPS) is 19.1. The van der Waals surface area contributed by atoms with Crippen molar-refractivity contribution in [2.24, 2.45) is 0 Å². The number of carbonyl (C=O) groups excluding carboxylic acids is 4. The van der Waals surface area contributed by atoms with Crippen LogP contribution in [0.25, 0.3) is 0 Å². The summed E-state index contributed by atoms with van der Waals surface area (Å²) >= 11 is 1.34. The molecule has 0 radical (unpaired) electrons. The van der Waals surface area contributed by atoms with Crippen LogP contribution in [0.2, 0.25) is 0 Å². The Bertz CT molecular complexity index is 1590. The smallest absolute Gasteiger partial charge is 0.357 e. The lowest BCUT2D eigenvalue weighted by molar-refractivity contribution is -0.146. The monoisotopic (exact) mass is 671 g/mol. The number of nitrogens with one attached hydrogen (secondary N) is 2. The summed E-state index contributed by atoms with van der Waals surface area (Å²) in [6.07, 6.45) is 5.22. The second-order valence-electron chi connectivity index (χ2n) is 13.0. The van der Waals surface area contributed by atoms with E-state index in [0.717, 1.165) is 24.0 Å². The fourth-order valence-corrected chi connectivity index (χ4v) is 7.43. The summed E-state index contributed by atoms with van der Waals surface area (Å²) in [5.41, 5.74) is 1.58. The number of rotatable bonds is 13. The molecule has 2 fully saturated rings. The van der Waals surface area contributed by atoms with Gasteiger partial charge in [0.1, 0.15) is 17.1 Å². The van der Waals surface area contributed by atoms with Crippen LogP contribution in [-0.2, 0) is 32.0 Å². The van der Waals surface area contributed by atoms with Crippen molar-refractivity contribution in [1.29, 1.82) is 0 Å². The number of hydrogen-bond donors (Lipinski definition) is 2. The SMILES string of the molecule is C=CC(C)(C)NC(Cc1ccccc1)C(=O)NC(Cc1ccccc1)C(=O)N1CCCC1C(=O)N1CCCC1c1nc(C(=O)OC)cs1. The van der Waals surface area contributed by atoms with Gasteiger partial charge in [-0.05, 0) is 57.1 Å². The summed E-state index contributed by atoms with van der Waals surface area (Å²) in [6.45, 7) is 8.80. The van der Waals surface area contributed by atoms with Gasteiger partial charge in [0.25, 0.3) is 0 Å². The van der Waals surface area contributed by atoms with Crippen molar-refractivity contribution in [3.05, 3.63) is 101 Å². The maximum Gasteiger partial charge on any atom is 0.357 e. The van der Waals surface area contributed by atoms with Crippen molar-refractivity contribution in [3.8, 4) is 0 Å². The lowest BCUT2D eigenvalue weighted by Crippen LogP contribution is -2.59. The fourth-order valence-electron chi connectivity index (χ4n) is 6.49. The Labute approximate surface area is 286 Å². The predicted octanol–water partition coefficient (Wildman–Crippen LogP) is 4.48. The fraction of sp³-hybridized carbons (Fsp3) is 0.432. The highest BCUT2D eigenvalue weighted by atomic mass is 32.1. The molecular weight excluding hydrogens is 627 g/mol. The molecule has 0 aliphatic carbocycles. The van der Waals surface area contributed by atoms with E-state index in [9.17, 15) is 19.2 Å². The van der Waals surface area contributed by atoms with Gasteiger partial charge in [-0.25, -0.2) is 9.78 Å². The highest BCUT2D eigenvalue weighted by molar-refractivity contribution is 7.09. The average Bonchev–Trinajstić information content (AvgIpc) is 3.89. The first kappa shape index (κ1) is 35.0. The molecule has 48 heavy (non-hydrogen) atoms. The quantitative estimate of drug-likeness (QED) is 0.203. The number of ether oxygens (including phenoxy) is 1. The molecule has 3 aromatic rings. The van der Waals surface area contributed by atoms with Crippen LogP contribution in [0.5, 0.6) is 0 Å². The second kappa shape index (κ2) is 15.7. The van der Waals surface area contributed by atoms with Crippen molar-refractivity contribution in [2.75, 3.05) is 20.2 Å². The third-order valence-corrected chi connectivity index (χ3v) is 10.1. The van der Waals surface area contributed by atoms with E-state index < -0.39 is 29.6 Å². The molecule has 4 unspecified atom stereocenters. The molecule has 2 aliphatic heterocycles. The Hall–Kier alpha value is -4.35. The molecule has 2 N–H and O–H groups in total. The first-order valence-electron chi connectivity index (χ1n) is 16.5. The molecule has 2 saturated heterocycles. The highest BCUT2D eigenvalue weighted by Crippen LogP contribution is 2.36. The number of methoxy groups -OCH3 is 1. The molecule has 2 aliphatic rings. The van der Waals surface area contributed by atoms with Gasteiger partial charge in [0, 0.05) is 30.4 Å². The molecule has 3 heterocycles. The number of benzene rings is 2. The Morgan fingerprint density at radius 2 is 1.56 bits per heavy atom. The maximum atomic E-state index is 14.4. The van der Waals surface area contributed by atoms with Crippen LogP contribution in [0.3, 0.4) is 0 Å². The molecule has 0 saturated carbocycles. The number of nitrogens with zero attached hydrogens (tertiary/aromatic N) is 3. The summed E-state index contributed by atoms with van der Waals surface area (Å²) in [6, 6.07) is 16.9. The number of aromatic nitrogens is 1. The number of hydrogen-bond acceptors (Lipinski definition) is 8. The van der Waals surface area contributed by atoms with E-state index in [4.69, 9.17) is 4.74 Å². The first-order valence-corrected chi connectivity index (χ1v) is 17.4. The minimum Gasteiger partial charge on any atom is -0.464 e. The van der Waals surface area contributed by atoms with Crippen LogP contribution in [0.15, 0.2) is 78.7 Å². The van der Waals surface area contributed by atoms with Gasteiger partial charge in [0.15, 0.2) is 5.69 Å². The Balaban J connectivity index is 1.37. The van der Waals surface area contributed by atoms with Crippen LogP contribution in [0.4, 0.5) is 0 Å². The predicted molar refractivity (Wildman–Crippen MR) is 185 cm³/mol. The molecule has 11 heteroatoms. The third kappa shape index (κ3) is 8.38. The number of carbonyl (C=O) groups is 4. The van der Waals surface area contributed by atoms with Crippen LogP contribution in [0, 0.1) is 0 Å². The summed E-state index contributed by atoms with van der Waals surface area (Å²) < 4.78 is 4.82. The average molecular weight is 672 g/mol. The second-order valence-corrected chi connectivity index (χ2v) is 13.9. The molecule has 1 aromatic heterocycles. The number of likely N-dealkylation sites (tertiary alicyclic amines) is 2. The standard InChI is InChI=1S/C37H45N5O5S/c1-5-37(2,3)40-27(22-25-14-8-6-9-15-25)32(43)38-28(23-26-16-10-7-11-17-26)34(44)42-21-13-19-31(42)35(45)41-20-12-18-30(41)33-39-29(24-48-33)36(46)47-4/h5-11,14-17,24,27-28,30-31,40H,1,12-13,18-23H2,2-4H3,(H,38,43). The van der Waals surface area contributed by atoms with Crippen molar-refractivity contribution in [1.82, 2.24) is 25.4 Å². The molecular formula is C37H45N5O5S. The number of esters is 1. The van der Waals surface area contributed by atoms with Crippen molar-refractivity contribution >= 4 is 35.0 Å². The number of thiazole rings is 1. The Kier molecular flexibility index (Phi) is 11.4. The molecule has 0 bridgehead atoms. The van der Waals surface area contributed by atoms with E-state index in [1.54, 1.807) is 21.3 Å². The zero-order valence-electron chi connectivity index (χ0n) is 27.9. The summed E-state index contributed by atoms with van der Waals surface area (Å²) in [7, 11) is 1.31. The Morgan fingerprint density at radius 1 is 0.958 bits per heavy atom. The van der Waals surface area contributed by atoms with Gasteiger partial charge in [-0.3, -0.25) is 19.7 Å². The van der Waals surface area contributed by atoms with E-state index in [-0.39, 0.29) is 35.9 Å². The minimum atomic E-state index is -0.879. The highest BCUT2D eigenvalue weighted by Gasteiger charge is 2.43. The maximum absolute atomic E-state index is 14.4. The van der Waals surface area contributed by atoms with Crippen LogP contribution in [-0.4, -0.2) is 82.3 Å². The van der Waals surface area contributed by atoms with Crippen LogP contribution in [0.1, 0.15) is 72.2 Å². The van der Waals surface area contributed by atoms with Gasteiger partial charge in [-0.1, -0.05) is 66.7 Å². The summed E-state index contributed by atoms with van der Waals surface area (Å²) in [4.78, 5) is 62.6. The molecule has 2 aromatic carbocycles. The van der Waals surface area contributed by atoms with E-state index in [0.29, 0.717) is 37.4 Å². The molecule has 254 valence electrons. The molecule has 10 nitrogen and oxygen atoms in total. The van der Waals surface area contributed by atoms with Crippen LogP contribution < -0.4 is 10.6 Å². The summed E-state index contributed by atoms with van der Waals surface area (Å²) in [5, 5.41) is 8.84. The molecule has 3 amide bonds. The van der Waals surface area contributed by atoms with Crippen molar-refractivity contribution < 1.29 is 23.9 Å². The van der Waals surface area contributed by atoms with Gasteiger partial charge in [-0.2, -0.15) is 0 Å². The van der Waals surface area contributed by atoms with Crippen molar-refractivity contribution in [2.45, 2.75) is 82.1 Å². The van der Waals surface area contributed by atoms with E-state index in [1.807, 2.05) is 74.5 Å². The zero-order valence-corrected chi connectivity index (χ0v) is 28.7. The minimum absolute atomic E-state index is 0.126. The largest absolute Gasteiger partial charge is 0.464 e. The van der Waals surface area contributed by atoms with Gasteiger partial charge in [-0.15, -0.1) is 17.9 Å². The van der Waals surface area contributed by atoms with Gasteiger partial charge >= 0.3 is 5.97 Å². The topological polar surface area (TPSA) is 121 Å². The summed E-state index contributed by atoms with van der Waals surface area (Å²) in [5.74, 6) is -1.21. The number of amides is 3. The van der Waals surface area contributed by atoms with Gasteiger partial charge in [0.2, 0.25) is 17.7 Å². The lowest BCUT2D eigenvalue weighted by atomic mass is 9.98. The van der Waals surface area contributed by atoms with Crippen LogP contribution >= 0.6 is 11.3 Å². The molecule has 5 rings (SSSR count). The molecule has 4 atom stereocenters. The van der Waals surface area contributed by atoms with E-state index in [1.165, 1.54) is 18.4 Å². The Morgan fingerprint density at radius 3 is 2.19 bits per heavy atom. The molecule has 0 spiro atoms. The lowest BCUT2D eigenvalue weighted by Gasteiger charge is -2.34. The third-order valence-electron chi connectivity index (χ3n) is 9.11. The van der Waals surface area contributed by atoms with Gasteiger partial charge in [0.05, 0.1) is 19.2 Å². The van der Waals surface area contributed by atoms with E-state index in [2.05, 4.69) is 22.2 Å². The van der Waals surface area contributed by atoms with Crippen molar-refractivity contribution in [3.63, 3.8) is 0 Å². The van der Waals surface area contributed by atoms with Gasteiger partial charge < -0.3 is 19.9 Å².